The first-order chi connectivity index (χ1) is 9.40. The van der Waals surface area contributed by atoms with E-state index in [2.05, 4.69) is 10.0 Å². The second-order valence-electron chi connectivity index (χ2n) is 4.60. The molecule has 3 N–H and O–H groups in total. The number of aromatic carboxylic acids is 1. The third-order valence-corrected chi connectivity index (χ3v) is 4.68. The van der Waals surface area contributed by atoms with Crippen molar-refractivity contribution >= 4 is 16.0 Å². The average Bonchev–Trinajstić information content (AvgIpc) is 2.38. The van der Waals surface area contributed by atoms with Crippen molar-refractivity contribution in [1.29, 1.82) is 0 Å². The second-order valence-corrected chi connectivity index (χ2v) is 6.28. The average molecular weight is 302 g/mol. The van der Waals surface area contributed by atoms with Gasteiger partial charge in [0.25, 0.3) is 0 Å². The van der Waals surface area contributed by atoms with Crippen LogP contribution in [-0.4, -0.2) is 38.6 Å². The molecule has 1 aromatic rings. The van der Waals surface area contributed by atoms with E-state index in [9.17, 15) is 17.6 Å². The molecule has 0 radical (unpaired) electrons. The number of carboxylic acids is 1. The van der Waals surface area contributed by atoms with Crippen molar-refractivity contribution < 1.29 is 22.7 Å². The summed E-state index contributed by atoms with van der Waals surface area (Å²) in [6.45, 7) is 1.40. The van der Waals surface area contributed by atoms with Crippen LogP contribution in [0.15, 0.2) is 23.1 Å². The van der Waals surface area contributed by atoms with Crippen LogP contribution in [0.1, 0.15) is 23.2 Å². The van der Waals surface area contributed by atoms with Gasteiger partial charge in [-0.3, -0.25) is 0 Å². The maximum absolute atomic E-state index is 13.8. The normalized spacial score (nSPS) is 17.1. The van der Waals surface area contributed by atoms with Crippen LogP contribution in [0.4, 0.5) is 4.39 Å². The minimum Gasteiger partial charge on any atom is -0.478 e. The van der Waals surface area contributed by atoms with E-state index >= 15 is 0 Å². The number of nitrogens with one attached hydrogen (secondary N) is 2. The molecular weight excluding hydrogens is 287 g/mol. The number of benzene rings is 1. The van der Waals surface area contributed by atoms with Crippen LogP contribution in [0.2, 0.25) is 0 Å². The van der Waals surface area contributed by atoms with Gasteiger partial charge in [-0.25, -0.2) is 22.3 Å². The van der Waals surface area contributed by atoms with Crippen molar-refractivity contribution in [1.82, 2.24) is 10.0 Å². The number of hydrogen-bond acceptors (Lipinski definition) is 4. The van der Waals surface area contributed by atoms with Gasteiger partial charge in [-0.1, -0.05) is 0 Å². The first-order valence-electron chi connectivity index (χ1n) is 6.16. The van der Waals surface area contributed by atoms with Crippen molar-refractivity contribution in [3.05, 3.63) is 29.6 Å². The van der Waals surface area contributed by atoms with E-state index in [4.69, 9.17) is 5.11 Å². The fourth-order valence-electron chi connectivity index (χ4n) is 2.07. The lowest BCUT2D eigenvalue weighted by Gasteiger charge is -2.23. The lowest BCUT2D eigenvalue weighted by molar-refractivity contribution is 0.0696. The summed E-state index contributed by atoms with van der Waals surface area (Å²) in [5, 5.41) is 11.8. The van der Waals surface area contributed by atoms with E-state index in [0.29, 0.717) is 32.0 Å². The van der Waals surface area contributed by atoms with Crippen LogP contribution >= 0.6 is 0 Å². The van der Waals surface area contributed by atoms with Gasteiger partial charge in [0, 0.05) is 6.04 Å². The molecular formula is C12H15FN2O4S. The maximum atomic E-state index is 13.8. The third-order valence-electron chi connectivity index (χ3n) is 3.13. The fourth-order valence-corrected chi connectivity index (χ4v) is 3.44. The number of carboxylic acid groups (broad SMARTS) is 1. The highest BCUT2D eigenvalue weighted by molar-refractivity contribution is 7.89. The summed E-state index contributed by atoms with van der Waals surface area (Å²) in [6, 6.07) is 2.52. The Morgan fingerprint density at radius 3 is 2.55 bits per heavy atom. The molecule has 20 heavy (non-hydrogen) atoms. The van der Waals surface area contributed by atoms with Gasteiger partial charge in [0.1, 0.15) is 10.7 Å². The molecule has 1 aromatic carbocycles. The Bertz CT molecular complexity index is 612. The highest BCUT2D eigenvalue weighted by Crippen LogP contribution is 2.17. The molecule has 1 heterocycles. The van der Waals surface area contributed by atoms with Crippen molar-refractivity contribution in [2.24, 2.45) is 0 Å². The molecule has 110 valence electrons. The van der Waals surface area contributed by atoms with Crippen LogP contribution < -0.4 is 10.0 Å². The van der Waals surface area contributed by atoms with Gasteiger partial charge < -0.3 is 10.4 Å². The lowest BCUT2D eigenvalue weighted by Crippen LogP contribution is -2.42. The quantitative estimate of drug-likeness (QED) is 0.755. The van der Waals surface area contributed by atoms with E-state index in [1.165, 1.54) is 0 Å². The van der Waals surface area contributed by atoms with E-state index in [1.807, 2.05) is 0 Å². The number of sulfonamides is 1. The first kappa shape index (κ1) is 14.9. The third kappa shape index (κ3) is 3.33. The molecule has 0 spiro atoms. The lowest BCUT2D eigenvalue weighted by atomic mass is 10.1. The summed E-state index contributed by atoms with van der Waals surface area (Å²) in [6.07, 6.45) is 1.27. The van der Waals surface area contributed by atoms with Crippen molar-refractivity contribution in [3.8, 4) is 0 Å². The first-order valence-corrected chi connectivity index (χ1v) is 7.64. The molecule has 0 amide bonds. The molecule has 1 saturated heterocycles. The van der Waals surface area contributed by atoms with Gasteiger partial charge in [-0.05, 0) is 44.1 Å². The molecule has 0 aliphatic carbocycles. The summed E-state index contributed by atoms with van der Waals surface area (Å²) in [7, 11) is -3.98. The molecule has 2 rings (SSSR count). The molecule has 0 saturated carbocycles. The zero-order valence-corrected chi connectivity index (χ0v) is 11.4. The van der Waals surface area contributed by atoms with Gasteiger partial charge in [-0.15, -0.1) is 0 Å². The van der Waals surface area contributed by atoms with Crippen LogP contribution in [-0.2, 0) is 10.0 Å². The van der Waals surface area contributed by atoms with E-state index in [1.54, 1.807) is 0 Å². The maximum Gasteiger partial charge on any atom is 0.335 e. The fraction of sp³-hybridized carbons (Fsp3) is 0.417. The Kier molecular flexibility index (Phi) is 4.36. The molecule has 1 aliphatic rings. The van der Waals surface area contributed by atoms with E-state index in [0.717, 1.165) is 12.1 Å². The van der Waals surface area contributed by atoms with E-state index < -0.39 is 26.7 Å². The molecule has 0 unspecified atom stereocenters. The molecule has 0 aromatic heterocycles. The predicted molar refractivity (Wildman–Crippen MR) is 69.6 cm³/mol. The highest BCUT2D eigenvalue weighted by Gasteiger charge is 2.25. The van der Waals surface area contributed by atoms with Crippen molar-refractivity contribution in [2.45, 2.75) is 23.8 Å². The van der Waals surface area contributed by atoms with Gasteiger partial charge in [0.05, 0.1) is 5.56 Å². The molecule has 6 nitrogen and oxygen atoms in total. The Hall–Kier alpha value is -1.51. The summed E-state index contributed by atoms with van der Waals surface area (Å²) in [4.78, 5) is 10.2. The van der Waals surface area contributed by atoms with Crippen LogP contribution in [0, 0.1) is 5.82 Å². The number of carbonyl (C=O) groups is 1. The molecule has 1 aliphatic heterocycles. The monoisotopic (exact) mass is 302 g/mol. The summed E-state index contributed by atoms with van der Waals surface area (Å²) < 4.78 is 40.4. The zero-order chi connectivity index (χ0) is 14.8. The molecule has 1 fully saturated rings. The van der Waals surface area contributed by atoms with Crippen LogP contribution in [0.25, 0.3) is 0 Å². The smallest absolute Gasteiger partial charge is 0.335 e. The largest absolute Gasteiger partial charge is 0.478 e. The van der Waals surface area contributed by atoms with Crippen molar-refractivity contribution in [3.63, 3.8) is 0 Å². The minimum absolute atomic E-state index is 0.236. The number of piperidine rings is 1. The van der Waals surface area contributed by atoms with Gasteiger partial charge in [0.15, 0.2) is 0 Å². The number of halogens is 1. The molecule has 8 heteroatoms. The number of hydrogen-bond donors (Lipinski definition) is 3. The highest BCUT2D eigenvalue weighted by atomic mass is 32.2. The van der Waals surface area contributed by atoms with Crippen molar-refractivity contribution in [2.75, 3.05) is 13.1 Å². The second kappa shape index (κ2) is 5.86. The Balaban J connectivity index is 2.22. The SMILES string of the molecule is O=C(O)c1ccc(S(=O)(=O)NC2CCNCC2)c(F)c1. The van der Waals surface area contributed by atoms with Crippen LogP contribution in [0.5, 0.6) is 0 Å². The predicted octanol–water partition coefficient (Wildman–Crippen LogP) is 0.554. The Morgan fingerprint density at radius 2 is 2.00 bits per heavy atom. The molecule has 0 atom stereocenters. The van der Waals surface area contributed by atoms with Crippen LogP contribution in [0.3, 0.4) is 0 Å². The zero-order valence-electron chi connectivity index (χ0n) is 10.6. The topological polar surface area (TPSA) is 95.5 Å². The summed E-state index contributed by atoms with van der Waals surface area (Å²) >= 11 is 0. The van der Waals surface area contributed by atoms with Gasteiger partial charge in [-0.2, -0.15) is 0 Å². The van der Waals surface area contributed by atoms with Gasteiger partial charge in [0.2, 0.25) is 10.0 Å². The summed E-state index contributed by atoms with van der Waals surface area (Å²) in [5.41, 5.74) is -0.289. The Labute approximate surface area is 116 Å². The number of rotatable bonds is 4. The standard InChI is InChI=1S/C12H15FN2O4S/c13-10-7-8(12(16)17)1-2-11(10)20(18,19)15-9-3-5-14-6-4-9/h1-2,7,9,14-15H,3-6H2,(H,16,17). The van der Waals surface area contributed by atoms with Gasteiger partial charge >= 0.3 is 5.97 Å². The summed E-state index contributed by atoms with van der Waals surface area (Å²) in [5.74, 6) is -2.37. The Morgan fingerprint density at radius 1 is 1.35 bits per heavy atom. The minimum atomic E-state index is -3.98. The molecule has 0 bridgehead atoms. The van der Waals surface area contributed by atoms with E-state index in [-0.39, 0.29) is 11.6 Å².